The molecule has 0 fully saturated rings. The number of hydrogen-bond donors (Lipinski definition) is 1. The van der Waals surface area contributed by atoms with Gasteiger partial charge in [0.1, 0.15) is 5.76 Å². The zero-order valence-corrected chi connectivity index (χ0v) is 14.5. The molecular formula is C17H23BrN2O. The molecule has 1 heterocycles. The normalized spacial score (nSPS) is 12.4. The maximum Gasteiger partial charge on any atom is 0.105 e. The third kappa shape index (κ3) is 4.11. The maximum absolute atomic E-state index is 6.04. The van der Waals surface area contributed by atoms with Crippen molar-refractivity contribution in [3.05, 3.63) is 51.9 Å². The number of halogens is 1. The van der Waals surface area contributed by atoms with Gasteiger partial charge in [-0.2, -0.15) is 0 Å². The summed E-state index contributed by atoms with van der Waals surface area (Å²) in [6.07, 6.45) is 3.64. The van der Waals surface area contributed by atoms with E-state index in [1.807, 2.05) is 13.0 Å². The van der Waals surface area contributed by atoms with Gasteiger partial charge in [0, 0.05) is 35.4 Å². The number of hydrogen-bond acceptors (Lipinski definition) is 3. The third-order valence-electron chi connectivity index (χ3n) is 3.86. The van der Waals surface area contributed by atoms with Crippen molar-refractivity contribution >= 4 is 21.6 Å². The van der Waals surface area contributed by atoms with E-state index in [0.717, 1.165) is 29.6 Å². The van der Waals surface area contributed by atoms with E-state index < -0.39 is 0 Å². The third-order valence-corrected chi connectivity index (χ3v) is 4.60. The fourth-order valence-corrected chi connectivity index (χ4v) is 2.82. The molecule has 21 heavy (non-hydrogen) atoms. The minimum atomic E-state index is 0.221. The van der Waals surface area contributed by atoms with E-state index in [-0.39, 0.29) is 6.04 Å². The van der Waals surface area contributed by atoms with E-state index in [9.17, 15) is 0 Å². The molecule has 1 aromatic heterocycles. The first-order valence-electron chi connectivity index (χ1n) is 7.29. The van der Waals surface area contributed by atoms with Crippen molar-refractivity contribution < 1.29 is 4.42 Å². The maximum atomic E-state index is 6.04. The molecular weight excluding hydrogens is 328 g/mol. The Morgan fingerprint density at radius 2 is 2.05 bits per heavy atom. The molecule has 1 unspecified atom stereocenters. The van der Waals surface area contributed by atoms with Crippen LogP contribution in [0.2, 0.25) is 0 Å². The molecule has 2 rings (SSSR count). The highest BCUT2D eigenvalue weighted by Gasteiger charge is 2.10. The second kappa shape index (κ2) is 7.14. The van der Waals surface area contributed by atoms with Gasteiger partial charge in [0.05, 0.1) is 6.26 Å². The van der Waals surface area contributed by atoms with E-state index in [1.165, 1.54) is 16.8 Å². The summed E-state index contributed by atoms with van der Waals surface area (Å²) in [7, 11) is 2.09. The number of rotatable bonds is 6. The summed E-state index contributed by atoms with van der Waals surface area (Å²) in [5.74, 6) is 0.978. The van der Waals surface area contributed by atoms with Crippen LogP contribution >= 0.6 is 15.9 Å². The summed E-state index contributed by atoms with van der Waals surface area (Å²) in [5, 5.41) is 0. The van der Waals surface area contributed by atoms with Gasteiger partial charge < -0.3 is 15.1 Å². The average molecular weight is 351 g/mol. The Morgan fingerprint density at radius 3 is 2.62 bits per heavy atom. The molecule has 114 valence electrons. The van der Waals surface area contributed by atoms with Crippen molar-refractivity contribution in [2.24, 2.45) is 5.73 Å². The van der Waals surface area contributed by atoms with Gasteiger partial charge >= 0.3 is 0 Å². The predicted molar refractivity (Wildman–Crippen MR) is 91.7 cm³/mol. The van der Waals surface area contributed by atoms with Crippen LogP contribution in [-0.4, -0.2) is 13.1 Å². The SMILES string of the molecule is CCC(N)Cc1ccc(N(C)Cc2ccoc2C)cc1Br. The molecule has 0 spiro atoms. The van der Waals surface area contributed by atoms with Crippen LogP contribution in [0.5, 0.6) is 0 Å². The highest BCUT2D eigenvalue weighted by molar-refractivity contribution is 9.10. The number of aryl methyl sites for hydroxylation is 1. The average Bonchev–Trinajstić information content (AvgIpc) is 2.86. The summed E-state index contributed by atoms with van der Waals surface area (Å²) in [4.78, 5) is 2.21. The van der Waals surface area contributed by atoms with Crippen molar-refractivity contribution in [3.63, 3.8) is 0 Å². The molecule has 0 saturated heterocycles. The standard InChI is InChI=1S/C17H23BrN2O/c1-4-15(19)9-13-5-6-16(10-17(13)18)20(3)11-14-7-8-21-12(14)2/h5-8,10,15H,4,9,11,19H2,1-3H3. The molecule has 0 aliphatic rings. The van der Waals surface area contributed by atoms with Gasteiger partial charge in [-0.15, -0.1) is 0 Å². The predicted octanol–water partition coefficient (Wildman–Crippen LogP) is 4.27. The lowest BCUT2D eigenvalue weighted by Gasteiger charge is -2.20. The van der Waals surface area contributed by atoms with Gasteiger partial charge in [0.25, 0.3) is 0 Å². The highest BCUT2D eigenvalue weighted by atomic mass is 79.9. The van der Waals surface area contributed by atoms with Crippen LogP contribution in [0.25, 0.3) is 0 Å². The molecule has 2 N–H and O–H groups in total. The summed E-state index contributed by atoms with van der Waals surface area (Å²) < 4.78 is 6.48. The Hall–Kier alpha value is -1.26. The molecule has 0 amide bonds. The first kappa shape index (κ1) is 16.1. The van der Waals surface area contributed by atoms with Gasteiger partial charge in [-0.1, -0.05) is 28.9 Å². The molecule has 1 atom stereocenters. The molecule has 0 aliphatic carbocycles. The topological polar surface area (TPSA) is 42.4 Å². The van der Waals surface area contributed by atoms with Crippen LogP contribution in [0, 0.1) is 6.92 Å². The number of nitrogens with zero attached hydrogens (tertiary/aromatic N) is 1. The van der Waals surface area contributed by atoms with Gasteiger partial charge in [-0.3, -0.25) is 0 Å². The smallest absolute Gasteiger partial charge is 0.105 e. The van der Waals surface area contributed by atoms with Crippen molar-refractivity contribution in [2.75, 3.05) is 11.9 Å². The Bertz CT molecular complexity index is 594. The molecule has 1 aromatic carbocycles. The monoisotopic (exact) mass is 350 g/mol. The lowest BCUT2D eigenvalue weighted by Crippen LogP contribution is -2.22. The van der Waals surface area contributed by atoms with E-state index in [1.54, 1.807) is 6.26 Å². The molecule has 0 aliphatic heterocycles. The zero-order chi connectivity index (χ0) is 15.4. The lowest BCUT2D eigenvalue weighted by atomic mass is 10.0. The van der Waals surface area contributed by atoms with Crippen LogP contribution < -0.4 is 10.6 Å². The summed E-state index contributed by atoms with van der Waals surface area (Å²) in [6.45, 7) is 4.95. The number of anilines is 1. The van der Waals surface area contributed by atoms with Crippen LogP contribution in [0.1, 0.15) is 30.2 Å². The highest BCUT2D eigenvalue weighted by Crippen LogP contribution is 2.26. The first-order valence-corrected chi connectivity index (χ1v) is 8.08. The summed E-state index contributed by atoms with van der Waals surface area (Å²) >= 11 is 3.66. The van der Waals surface area contributed by atoms with Gasteiger partial charge in [0.15, 0.2) is 0 Å². The fraction of sp³-hybridized carbons (Fsp3) is 0.412. The van der Waals surface area contributed by atoms with Crippen LogP contribution in [-0.2, 0) is 13.0 Å². The molecule has 0 radical (unpaired) electrons. The molecule has 0 bridgehead atoms. The largest absolute Gasteiger partial charge is 0.469 e. The molecule has 0 saturated carbocycles. The fourth-order valence-electron chi connectivity index (χ4n) is 2.29. The Labute approximate surface area is 135 Å². The second-order valence-corrected chi connectivity index (χ2v) is 6.36. The quantitative estimate of drug-likeness (QED) is 0.845. The van der Waals surface area contributed by atoms with Crippen molar-refractivity contribution in [2.45, 2.75) is 39.3 Å². The molecule has 4 heteroatoms. The molecule has 2 aromatic rings. The Balaban J connectivity index is 2.10. The number of benzene rings is 1. The van der Waals surface area contributed by atoms with Gasteiger partial charge in [0.2, 0.25) is 0 Å². The Morgan fingerprint density at radius 1 is 1.29 bits per heavy atom. The minimum absolute atomic E-state index is 0.221. The number of nitrogens with two attached hydrogens (primary N) is 1. The van der Waals surface area contributed by atoms with Gasteiger partial charge in [-0.25, -0.2) is 0 Å². The van der Waals surface area contributed by atoms with Crippen molar-refractivity contribution in [3.8, 4) is 0 Å². The van der Waals surface area contributed by atoms with Crippen molar-refractivity contribution in [1.29, 1.82) is 0 Å². The Kier molecular flexibility index (Phi) is 5.48. The first-order chi connectivity index (χ1) is 10.0. The van der Waals surface area contributed by atoms with E-state index in [0.29, 0.717) is 0 Å². The van der Waals surface area contributed by atoms with Crippen molar-refractivity contribution in [1.82, 2.24) is 0 Å². The second-order valence-electron chi connectivity index (χ2n) is 5.51. The van der Waals surface area contributed by atoms with Crippen LogP contribution in [0.4, 0.5) is 5.69 Å². The van der Waals surface area contributed by atoms with E-state index >= 15 is 0 Å². The summed E-state index contributed by atoms with van der Waals surface area (Å²) in [6, 6.07) is 8.72. The van der Waals surface area contributed by atoms with E-state index in [4.69, 9.17) is 10.2 Å². The van der Waals surface area contributed by atoms with E-state index in [2.05, 4.69) is 53.0 Å². The minimum Gasteiger partial charge on any atom is -0.469 e. The van der Waals surface area contributed by atoms with Crippen LogP contribution in [0.3, 0.4) is 0 Å². The summed E-state index contributed by atoms with van der Waals surface area (Å²) in [5.41, 5.74) is 9.69. The molecule has 3 nitrogen and oxygen atoms in total. The number of furan rings is 1. The van der Waals surface area contributed by atoms with Crippen LogP contribution in [0.15, 0.2) is 39.4 Å². The zero-order valence-electron chi connectivity index (χ0n) is 12.9. The van der Waals surface area contributed by atoms with Gasteiger partial charge in [-0.05, 0) is 43.5 Å². The lowest BCUT2D eigenvalue weighted by molar-refractivity contribution is 0.529.